The normalized spacial score (nSPS) is 14.1. The Morgan fingerprint density at radius 2 is 1.39 bits per heavy atom. The molecule has 0 saturated carbocycles. The summed E-state index contributed by atoms with van der Waals surface area (Å²) in [7, 11) is 0. The number of carbonyl (C=O) groups is 5. The molecule has 0 aliphatic carbocycles. The smallest absolute Gasteiger partial charge is 0.326 e. The number of rotatable bonds is 17. The van der Waals surface area contributed by atoms with E-state index < -0.39 is 66.9 Å². The van der Waals surface area contributed by atoms with E-state index in [2.05, 4.69) is 16.0 Å². The number of carboxylic acid groups (broad SMARTS) is 2. The number of hydrogen-bond acceptors (Lipinski definition) is 8. The van der Waals surface area contributed by atoms with Crippen molar-refractivity contribution >= 4 is 29.7 Å². The molecule has 0 radical (unpaired) electrons. The minimum atomic E-state index is -1.48. The van der Waals surface area contributed by atoms with Crippen molar-refractivity contribution in [2.24, 2.45) is 11.5 Å². The van der Waals surface area contributed by atoms with Gasteiger partial charge in [0.05, 0.1) is 6.61 Å². The van der Waals surface area contributed by atoms with Crippen LogP contribution in [0.2, 0.25) is 0 Å². The summed E-state index contributed by atoms with van der Waals surface area (Å²) in [6, 6.07) is 3.60. The Morgan fingerprint density at radius 1 is 0.806 bits per heavy atom. The Hall–Kier alpha value is -3.55. The first kappa shape index (κ1) is 30.5. The number of unbranched alkanes of at least 4 members (excludes halogenated alkanes) is 1. The monoisotopic (exact) mass is 509 g/mol. The zero-order valence-corrected chi connectivity index (χ0v) is 19.9. The number of nitrogens with one attached hydrogen (secondary N) is 3. The number of carbonyl (C=O) groups excluding carboxylic acids is 3. The fourth-order valence-corrected chi connectivity index (χ4v) is 3.25. The Balaban J connectivity index is 3.09. The topological polar surface area (TPSA) is 234 Å². The second kappa shape index (κ2) is 16.2. The van der Waals surface area contributed by atoms with Gasteiger partial charge in [-0.25, -0.2) is 4.79 Å². The molecular formula is C23H35N5O8. The van der Waals surface area contributed by atoms with E-state index in [-0.39, 0.29) is 19.3 Å². The summed E-state index contributed by atoms with van der Waals surface area (Å²) in [5.41, 5.74) is 11.7. The van der Waals surface area contributed by atoms with Gasteiger partial charge < -0.3 is 42.7 Å². The summed E-state index contributed by atoms with van der Waals surface area (Å²) in [4.78, 5) is 60.7. The number of aliphatic carboxylic acids is 2. The quantitative estimate of drug-likeness (QED) is 0.108. The molecule has 0 aromatic heterocycles. The number of benzene rings is 1. The zero-order chi connectivity index (χ0) is 27.1. The summed E-state index contributed by atoms with van der Waals surface area (Å²) in [5, 5.41) is 34.7. The molecule has 0 heterocycles. The number of carboxylic acids is 2. The highest BCUT2D eigenvalue weighted by Crippen LogP contribution is 2.08. The minimum Gasteiger partial charge on any atom is -0.481 e. The molecule has 4 unspecified atom stereocenters. The first-order valence-corrected chi connectivity index (χ1v) is 11.5. The number of hydrogen-bond donors (Lipinski definition) is 8. The molecule has 0 aliphatic rings. The van der Waals surface area contributed by atoms with E-state index in [1.54, 1.807) is 30.3 Å². The highest BCUT2D eigenvalue weighted by Gasteiger charge is 2.30. The molecule has 13 heteroatoms. The van der Waals surface area contributed by atoms with E-state index in [0.29, 0.717) is 24.9 Å². The molecule has 3 amide bonds. The standard InChI is InChI=1S/C23H35N5O8/c24-11-5-4-8-16(26-20(32)15(25)13-29)21(33)28-18(12-14-6-2-1-3-7-14)22(34)27-17(23(35)36)9-10-19(30)31/h1-3,6-7,15-18,29H,4-5,8-13,24-25H2,(H,26,32)(H,27,34)(H,28,33)(H,30,31)(H,35,36). The third kappa shape index (κ3) is 11.3. The van der Waals surface area contributed by atoms with Gasteiger partial charge in [-0.1, -0.05) is 30.3 Å². The molecule has 36 heavy (non-hydrogen) atoms. The highest BCUT2D eigenvalue weighted by atomic mass is 16.4. The van der Waals surface area contributed by atoms with Crippen molar-refractivity contribution in [2.45, 2.75) is 62.7 Å². The molecule has 0 bridgehead atoms. The van der Waals surface area contributed by atoms with Gasteiger partial charge in [0.1, 0.15) is 24.2 Å². The van der Waals surface area contributed by atoms with E-state index in [0.717, 1.165) is 0 Å². The van der Waals surface area contributed by atoms with E-state index in [1.165, 1.54) is 0 Å². The van der Waals surface area contributed by atoms with Gasteiger partial charge in [0, 0.05) is 12.8 Å². The van der Waals surface area contributed by atoms with Gasteiger partial charge in [0.25, 0.3) is 0 Å². The predicted octanol–water partition coefficient (Wildman–Crippen LogP) is -1.92. The van der Waals surface area contributed by atoms with Crippen LogP contribution in [0.25, 0.3) is 0 Å². The van der Waals surface area contributed by atoms with Crippen molar-refractivity contribution in [2.75, 3.05) is 13.2 Å². The van der Waals surface area contributed by atoms with Crippen LogP contribution >= 0.6 is 0 Å². The second-order valence-corrected chi connectivity index (χ2v) is 8.22. The van der Waals surface area contributed by atoms with Gasteiger partial charge >= 0.3 is 11.9 Å². The molecule has 0 aliphatic heterocycles. The number of aliphatic hydroxyl groups is 1. The van der Waals surface area contributed by atoms with Crippen LogP contribution in [-0.4, -0.2) is 82.3 Å². The number of aliphatic hydroxyl groups excluding tert-OH is 1. The Kier molecular flexibility index (Phi) is 13.7. The van der Waals surface area contributed by atoms with E-state index in [1.807, 2.05) is 0 Å². The molecule has 200 valence electrons. The van der Waals surface area contributed by atoms with Gasteiger partial charge in [-0.2, -0.15) is 0 Å². The van der Waals surface area contributed by atoms with Crippen molar-refractivity contribution in [1.82, 2.24) is 16.0 Å². The fraction of sp³-hybridized carbons (Fsp3) is 0.522. The van der Waals surface area contributed by atoms with Crippen molar-refractivity contribution in [3.63, 3.8) is 0 Å². The number of amides is 3. The van der Waals surface area contributed by atoms with Crippen molar-refractivity contribution in [1.29, 1.82) is 0 Å². The molecular weight excluding hydrogens is 474 g/mol. The largest absolute Gasteiger partial charge is 0.481 e. The van der Waals surface area contributed by atoms with Gasteiger partial charge in [-0.05, 0) is 37.8 Å². The lowest BCUT2D eigenvalue weighted by Crippen LogP contribution is -2.58. The van der Waals surface area contributed by atoms with Crippen LogP contribution in [0, 0.1) is 0 Å². The summed E-state index contributed by atoms with van der Waals surface area (Å²) in [5.74, 6) is -4.93. The predicted molar refractivity (Wildman–Crippen MR) is 128 cm³/mol. The highest BCUT2D eigenvalue weighted by molar-refractivity contribution is 5.94. The van der Waals surface area contributed by atoms with Crippen LogP contribution < -0.4 is 27.4 Å². The zero-order valence-electron chi connectivity index (χ0n) is 19.9. The van der Waals surface area contributed by atoms with Crippen LogP contribution in [0.1, 0.15) is 37.7 Å². The van der Waals surface area contributed by atoms with Crippen LogP contribution in [0.4, 0.5) is 0 Å². The third-order valence-corrected chi connectivity index (χ3v) is 5.29. The number of nitrogens with two attached hydrogens (primary N) is 2. The van der Waals surface area contributed by atoms with Crippen LogP contribution in [0.15, 0.2) is 30.3 Å². The summed E-state index contributed by atoms with van der Waals surface area (Å²) in [6.07, 6.45) is 0.414. The summed E-state index contributed by atoms with van der Waals surface area (Å²) in [6.45, 7) is -0.265. The Bertz CT molecular complexity index is 883. The maximum Gasteiger partial charge on any atom is 0.326 e. The maximum absolute atomic E-state index is 13.1. The lowest BCUT2D eigenvalue weighted by Gasteiger charge is -2.25. The van der Waals surface area contributed by atoms with E-state index >= 15 is 0 Å². The lowest BCUT2D eigenvalue weighted by atomic mass is 10.0. The Labute approximate surface area is 208 Å². The molecule has 1 rings (SSSR count). The molecule has 0 spiro atoms. The van der Waals surface area contributed by atoms with Gasteiger partial charge in [0.2, 0.25) is 17.7 Å². The van der Waals surface area contributed by atoms with E-state index in [9.17, 15) is 29.1 Å². The van der Waals surface area contributed by atoms with Gasteiger partial charge in [0.15, 0.2) is 0 Å². The maximum atomic E-state index is 13.1. The summed E-state index contributed by atoms with van der Waals surface area (Å²) < 4.78 is 0. The van der Waals surface area contributed by atoms with E-state index in [4.69, 9.17) is 21.7 Å². The Morgan fingerprint density at radius 3 is 1.94 bits per heavy atom. The first-order chi connectivity index (χ1) is 17.1. The van der Waals surface area contributed by atoms with Crippen molar-refractivity contribution < 1.29 is 39.3 Å². The summed E-state index contributed by atoms with van der Waals surface area (Å²) >= 11 is 0. The second-order valence-electron chi connectivity index (χ2n) is 8.22. The average Bonchev–Trinajstić information content (AvgIpc) is 2.85. The van der Waals surface area contributed by atoms with Crippen LogP contribution in [-0.2, 0) is 30.4 Å². The SMILES string of the molecule is NCCCCC(NC(=O)C(N)CO)C(=O)NC(Cc1ccccc1)C(=O)NC(CCC(=O)O)C(=O)O. The first-order valence-electron chi connectivity index (χ1n) is 11.5. The molecule has 1 aromatic carbocycles. The molecule has 0 fully saturated rings. The third-order valence-electron chi connectivity index (χ3n) is 5.29. The molecule has 10 N–H and O–H groups in total. The molecule has 0 saturated heterocycles. The van der Waals surface area contributed by atoms with Crippen molar-refractivity contribution in [3.05, 3.63) is 35.9 Å². The molecule has 13 nitrogen and oxygen atoms in total. The fourth-order valence-electron chi connectivity index (χ4n) is 3.25. The van der Waals surface area contributed by atoms with Crippen molar-refractivity contribution in [3.8, 4) is 0 Å². The molecule has 1 aromatic rings. The van der Waals surface area contributed by atoms with Crippen LogP contribution in [0.3, 0.4) is 0 Å². The minimum absolute atomic E-state index is 0.00328. The van der Waals surface area contributed by atoms with Gasteiger partial charge in [-0.15, -0.1) is 0 Å². The molecule has 4 atom stereocenters. The van der Waals surface area contributed by atoms with Gasteiger partial charge in [-0.3, -0.25) is 19.2 Å². The van der Waals surface area contributed by atoms with Crippen LogP contribution in [0.5, 0.6) is 0 Å². The average molecular weight is 510 g/mol. The lowest BCUT2D eigenvalue weighted by molar-refractivity contribution is -0.143.